The number of hydrogen-bond donors (Lipinski definition) is 3. The molecule has 0 saturated carbocycles. The lowest BCUT2D eigenvalue weighted by atomic mass is 9.99. The van der Waals surface area contributed by atoms with Gasteiger partial charge in [0.15, 0.2) is 12.2 Å². The van der Waals surface area contributed by atoms with E-state index in [2.05, 4.69) is 41.5 Å². The summed E-state index contributed by atoms with van der Waals surface area (Å²) in [5.74, 6) is -0.349. The van der Waals surface area contributed by atoms with Crippen molar-refractivity contribution in [3.05, 3.63) is 0 Å². The van der Waals surface area contributed by atoms with Crippen molar-refractivity contribution in [1.82, 2.24) is 0 Å². The van der Waals surface area contributed by atoms with Gasteiger partial charge < -0.3 is 33.8 Å². The van der Waals surface area contributed by atoms with Crippen molar-refractivity contribution < 1.29 is 80.2 Å². The summed E-state index contributed by atoms with van der Waals surface area (Å²) in [4.78, 5) is 73.4. The molecule has 19 heteroatoms. The number of phosphoric ester groups is 2. The molecule has 0 aliphatic carbocycles. The van der Waals surface area contributed by atoms with Gasteiger partial charge in [-0.05, 0) is 37.5 Å². The summed E-state index contributed by atoms with van der Waals surface area (Å²) in [6.07, 6.45) is 76.3. The lowest BCUT2D eigenvalue weighted by molar-refractivity contribution is -0.161. The van der Waals surface area contributed by atoms with E-state index < -0.39 is 97.5 Å². The van der Waals surface area contributed by atoms with Crippen LogP contribution in [0.5, 0.6) is 0 Å². The third-order valence-corrected chi connectivity index (χ3v) is 24.1. The molecule has 0 heterocycles. The molecular formula is C91H178O17P2. The highest BCUT2D eigenvalue weighted by molar-refractivity contribution is 7.47. The molecule has 0 fully saturated rings. The number of ether oxygens (including phenoxy) is 4. The Kier molecular flexibility index (Phi) is 80.7. The Labute approximate surface area is 677 Å². The first-order chi connectivity index (χ1) is 53.4. The zero-order valence-electron chi connectivity index (χ0n) is 72.6. The first-order valence-electron chi connectivity index (χ1n) is 47.1. The topological polar surface area (TPSA) is 237 Å². The van der Waals surface area contributed by atoms with Crippen molar-refractivity contribution in [2.45, 2.75) is 509 Å². The summed E-state index contributed by atoms with van der Waals surface area (Å²) in [7, 11) is -9.93. The molecule has 0 aliphatic heterocycles. The number of aliphatic hydroxyl groups excluding tert-OH is 1. The first-order valence-corrected chi connectivity index (χ1v) is 50.1. The van der Waals surface area contributed by atoms with Crippen LogP contribution in [0.15, 0.2) is 0 Å². The molecular weight excluding hydrogens is 1430 g/mol. The maximum atomic E-state index is 13.2. The van der Waals surface area contributed by atoms with Crippen molar-refractivity contribution in [2.24, 2.45) is 11.8 Å². The molecule has 17 nitrogen and oxygen atoms in total. The molecule has 0 amide bonds. The van der Waals surface area contributed by atoms with Crippen LogP contribution in [0, 0.1) is 11.8 Å². The van der Waals surface area contributed by atoms with Crippen LogP contribution in [0.4, 0.5) is 0 Å². The van der Waals surface area contributed by atoms with Gasteiger partial charge >= 0.3 is 39.5 Å². The second-order valence-corrected chi connectivity index (χ2v) is 36.1. The van der Waals surface area contributed by atoms with E-state index in [1.165, 1.54) is 308 Å². The van der Waals surface area contributed by atoms with Crippen molar-refractivity contribution in [3.63, 3.8) is 0 Å². The molecule has 0 rings (SSSR count). The molecule has 0 bridgehead atoms. The fraction of sp³-hybridized carbons (Fsp3) is 0.956. The van der Waals surface area contributed by atoms with Crippen molar-refractivity contribution in [1.29, 1.82) is 0 Å². The molecule has 0 aliphatic rings. The third kappa shape index (κ3) is 81.2. The van der Waals surface area contributed by atoms with E-state index in [-0.39, 0.29) is 25.7 Å². The largest absolute Gasteiger partial charge is 0.472 e. The van der Waals surface area contributed by atoms with Crippen molar-refractivity contribution in [2.75, 3.05) is 39.6 Å². The summed E-state index contributed by atoms with van der Waals surface area (Å²) < 4.78 is 69.0. The molecule has 0 saturated heterocycles. The number of unbranched alkanes of at least 4 members (excludes halogenated alkanes) is 58. The zero-order chi connectivity index (χ0) is 80.6. The van der Waals surface area contributed by atoms with E-state index in [1.807, 2.05) is 0 Å². The van der Waals surface area contributed by atoms with Crippen LogP contribution < -0.4 is 0 Å². The van der Waals surface area contributed by atoms with Crippen LogP contribution in [-0.2, 0) is 65.4 Å². The van der Waals surface area contributed by atoms with E-state index in [0.717, 1.165) is 102 Å². The van der Waals surface area contributed by atoms with Crippen LogP contribution in [0.2, 0.25) is 0 Å². The predicted molar refractivity (Wildman–Crippen MR) is 455 cm³/mol. The van der Waals surface area contributed by atoms with Gasteiger partial charge in [0, 0.05) is 25.7 Å². The maximum Gasteiger partial charge on any atom is 0.472 e. The Hall–Kier alpha value is -1.94. The Balaban J connectivity index is 5.23. The van der Waals surface area contributed by atoms with Gasteiger partial charge in [-0.1, -0.05) is 440 Å². The number of carbonyl (C=O) groups excluding carboxylic acids is 4. The number of hydrogen-bond acceptors (Lipinski definition) is 15. The fourth-order valence-corrected chi connectivity index (χ4v) is 15.8. The first kappa shape index (κ1) is 108. The van der Waals surface area contributed by atoms with E-state index in [9.17, 15) is 43.2 Å². The number of carbonyl (C=O) groups is 4. The molecule has 0 spiro atoms. The minimum absolute atomic E-state index is 0.108. The van der Waals surface area contributed by atoms with Gasteiger partial charge in [-0.2, -0.15) is 0 Å². The van der Waals surface area contributed by atoms with E-state index >= 15 is 0 Å². The second-order valence-electron chi connectivity index (χ2n) is 33.2. The lowest BCUT2D eigenvalue weighted by Gasteiger charge is -2.21. The number of esters is 4. The van der Waals surface area contributed by atoms with Crippen LogP contribution in [0.3, 0.4) is 0 Å². The molecule has 0 radical (unpaired) electrons. The Morgan fingerprint density at radius 2 is 0.436 bits per heavy atom. The SMILES string of the molecule is CCCCCCCCCCCCCCCC(=O)OC[C@H](COP(=O)(O)OC[C@H](O)COP(=O)(O)OC[C@@H](COC(=O)CCCCCCCCCCCCCCCCCCCCC(C)CC)OC(=O)CCCCCCCCCCCCCCCCCCCCC(C)CC)OC(=O)CCCCCCCCCCCCCCC. The standard InChI is InChI=1S/C91H178O17P2/c1-7-11-13-15-17-19-21-35-43-49-55-61-67-73-88(93)101-79-86(107-90(95)75-69-63-57-51-45-36-22-20-18-16-14-12-8-2)81-105-109(97,98)103-77-85(92)78-104-110(99,100)106-82-87(108-91(96)76-70-64-58-52-46-40-34-30-26-24-28-32-38-42-48-54-60-66-72-84(6)10-4)80-102-89(94)74-68-62-56-50-44-39-33-29-25-23-27-31-37-41-47-53-59-65-71-83(5)9-3/h83-87,92H,7-82H2,1-6H3,(H,97,98)(H,99,100)/t83?,84?,85-,86+,87+/m0/s1. The highest BCUT2D eigenvalue weighted by Gasteiger charge is 2.31. The predicted octanol–water partition coefficient (Wildman–Crippen LogP) is 28.2. The normalized spacial score (nSPS) is 14.2. The maximum absolute atomic E-state index is 13.2. The zero-order valence-corrected chi connectivity index (χ0v) is 74.4. The van der Waals surface area contributed by atoms with Gasteiger partial charge in [-0.25, -0.2) is 9.13 Å². The van der Waals surface area contributed by atoms with Crippen molar-refractivity contribution in [3.8, 4) is 0 Å². The average Bonchev–Trinajstić information content (AvgIpc) is 0.901. The highest BCUT2D eigenvalue weighted by Crippen LogP contribution is 2.45. The molecule has 0 aromatic rings. The summed E-state index contributed by atoms with van der Waals surface area (Å²) in [5.41, 5.74) is 0. The molecule has 654 valence electrons. The van der Waals surface area contributed by atoms with E-state index in [1.54, 1.807) is 0 Å². The van der Waals surface area contributed by atoms with Gasteiger partial charge in [0.1, 0.15) is 19.3 Å². The number of phosphoric acid groups is 2. The molecule has 110 heavy (non-hydrogen) atoms. The van der Waals surface area contributed by atoms with Gasteiger partial charge in [-0.15, -0.1) is 0 Å². The van der Waals surface area contributed by atoms with Crippen LogP contribution in [-0.4, -0.2) is 96.7 Å². The average molecular weight is 1610 g/mol. The Bertz CT molecular complexity index is 2100. The summed E-state index contributed by atoms with van der Waals surface area (Å²) in [5, 5.41) is 10.7. The van der Waals surface area contributed by atoms with Gasteiger partial charge in [0.2, 0.25) is 0 Å². The summed E-state index contributed by atoms with van der Waals surface area (Å²) in [6.45, 7) is 9.84. The van der Waals surface area contributed by atoms with E-state index in [4.69, 9.17) is 37.0 Å². The molecule has 0 aromatic heterocycles. The minimum Gasteiger partial charge on any atom is -0.462 e. The third-order valence-electron chi connectivity index (χ3n) is 22.2. The molecule has 4 unspecified atom stereocenters. The Morgan fingerprint density at radius 1 is 0.255 bits per heavy atom. The summed E-state index contributed by atoms with van der Waals surface area (Å²) in [6, 6.07) is 0. The van der Waals surface area contributed by atoms with Gasteiger partial charge in [0.25, 0.3) is 0 Å². The molecule has 3 N–H and O–H groups in total. The van der Waals surface area contributed by atoms with Crippen molar-refractivity contribution >= 4 is 39.5 Å². The van der Waals surface area contributed by atoms with Crippen LogP contribution in [0.1, 0.15) is 491 Å². The molecule has 7 atom stereocenters. The highest BCUT2D eigenvalue weighted by atomic mass is 31.2. The Morgan fingerprint density at radius 3 is 0.645 bits per heavy atom. The molecule has 0 aromatic carbocycles. The minimum atomic E-state index is -4.97. The smallest absolute Gasteiger partial charge is 0.462 e. The number of aliphatic hydroxyl groups is 1. The second kappa shape index (κ2) is 82.2. The van der Waals surface area contributed by atoms with Gasteiger partial charge in [-0.3, -0.25) is 37.3 Å². The van der Waals surface area contributed by atoms with Crippen LogP contribution >= 0.6 is 15.6 Å². The quantitative estimate of drug-likeness (QED) is 0.0222. The lowest BCUT2D eigenvalue weighted by Crippen LogP contribution is -2.30. The fourth-order valence-electron chi connectivity index (χ4n) is 14.2. The van der Waals surface area contributed by atoms with Crippen LogP contribution in [0.25, 0.3) is 0 Å². The monoisotopic (exact) mass is 1610 g/mol. The van der Waals surface area contributed by atoms with Gasteiger partial charge in [0.05, 0.1) is 26.4 Å². The summed E-state index contributed by atoms with van der Waals surface area (Å²) >= 11 is 0. The number of rotatable bonds is 90. The van der Waals surface area contributed by atoms with E-state index in [0.29, 0.717) is 25.7 Å².